The number of ether oxygens (including phenoxy) is 3. The third kappa shape index (κ3) is 2.80. The zero-order chi connectivity index (χ0) is 18.1. The maximum absolute atomic E-state index is 5.68. The van der Waals surface area contributed by atoms with Gasteiger partial charge in [-0.1, -0.05) is 12.1 Å². The second kappa shape index (κ2) is 6.96. The summed E-state index contributed by atoms with van der Waals surface area (Å²) in [5, 5.41) is 0. The standard InChI is InChI=1S/C22H21O3S/c1-23-17-8-10-20-15(13-17)12-16-14-18(24-2)9-11-21(16)26(20)22-7-5-4-6-19(22)25-3/h4-11,13-14H,12H2,1-3H3/q+1. The molecule has 0 amide bonds. The molecule has 4 rings (SSSR count). The molecule has 0 saturated heterocycles. The first-order valence-corrected chi connectivity index (χ1v) is 9.68. The molecule has 132 valence electrons. The lowest BCUT2D eigenvalue weighted by Crippen LogP contribution is -2.16. The molecule has 0 N–H and O–H groups in total. The molecular weight excluding hydrogens is 344 g/mol. The minimum Gasteiger partial charge on any atom is -0.497 e. The molecule has 0 unspecified atom stereocenters. The van der Waals surface area contributed by atoms with Gasteiger partial charge in [-0.15, -0.1) is 0 Å². The van der Waals surface area contributed by atoms with Gasteiger partial charge in [0.15, 0.2) is 15.5 Å². The van der Waals surface area contributed by atoms with Crippen LogP contribution >= 0.6 is 0 Å². The molecule has 0 aliphatic carbocycles. The van der Waals surface area contributed by atoms with Crippen LogP contribution in [0, 0.1) is 0 Å². The number of hydrogen-bond donors (Lipinski definition) is 0. The average Bonchev–Trinajstić information content (AvgIpc) is 2.71. The fourth-order valence-corrected chi connectivity index (χ4v) is 5.86. The van der Waals surface area contributed by atoms with Gasteiger partial charge < -0.3 is 14.2 Å². The van der Waals surface area contributed by atoms with E-state index in [1.165, 1.54) is 25.8 Å². The molecule has 1 heterocycles. The summed E-state index contributed by atoms with van der Waals surface area (Å²) in [6, 6.07) is 21.0. The molecule has 0 radical (unpaired) electrons. The van der Waals surface area contributed by atoms with E-state index in [4.69, 9.17) is 14.2 Å². The fraction of sp³-hybridized carbons (Fsp3) is 0.182. The van der Waals surface area contributed by atoms with E-state index in [2.05, 4.69) is 36.4 Å². The van der Waals surface area contributed by atoms with E-state index < -0.39 is 0 Å². The van der Waals surface area contributed by atoms with E-state index in [1.54, 1.807) is 21.3 Å². The average molecular weight is 365 g/mol. The van der Waals surface area contributed by atoms with Crippen LogP contribution in [0.4, 0.5) is 0 Å². The maximum atomic E-state index is 5.68. The topological polar surface area (TPSA) is 27.7 Å². The van der Waals surface area contributed by atoms with Gasteiger partial charge in [-0.25, -0.2) is 0 Å². The SMILES string of the molecule is COc1ccc2c(c1)Cc1cc(OC)ccc1[S+]2c1ccccc1OC. The highest BCUT2D eigenvalue weighted by molar-refractivity contribution is 7.97. The first-order valence-electron chi connectivity index (χ1n) is 8.46. The normalized spacial score (nSPS) is 12.9. The minimum atomic E-state index is -0.226. The van der Waals surface area contributed by atoms with Crippen molar-refractivity contribution in [2.24, 2.45) is 0 Å². The number of hydrogen-bond acceptors (Lipinski definition) is 3. The molecule has 0 atom stereocenters. The highest BCUT2D eigenvalue weighted by Gasteiger charge is 2.39. The lowest BCUT2D eigenvalue weighted by atomic mass is 10.0. The number of methoxy groups -OCH3 is 3. The van der Waals surface area contributed by atoms with Crippen molar-refractivity contribution in [1.29, 1.82) is 0 Å². The molecule has 3 aromatic carbocycles. The third-order valence-electron chi connectivity index (χ3n) is 4.65. The van der Waals surface area contributed by atoms with Gasteiger partial charge in [-0.2, -0.15) is 0 Å². The Morgan fingerprint density at radius 2 is 1.23 bits per heavy atom. The Hall–Kier alpha value is -2.59. The van der Waals surface area contributed by atoms with Crippen molar-refractivity contribution in [3.05, 3.63) is 71.8 Å². The van der Waals surface area contributed by atoms with E-state index in [0.717, 1.165) is 23.7 Å². The molecule has 1 aliphatic rings. The van der Waals surface area contributed by atoms with Gasteiger partial charge in [-0.3, -0.25) is 0 Å². The highest BCUT2D eigenvalue weighted by atomic mass is 32.2. The fourth-order valence-electron chi connectivity index (χ4n) is 3.39. The summed E-state index contributed by atoms with van der Waals surface area (Å²) in [6.07, 6.45) is 0.873. The van der Waals surface area contributed by atoms with Gasteiger partial charge in [0.05, 0.1) is 21.3 Å². The summed E-state index contributed by atoms with van der Waals surface area (Å²) in [5.41, 5.74) is 2.58. The summed E-state index contributed by atoms with van der Waals surface area (Å²) in [5.74, 6) is 2.69. The molecule has 0 aromatic heterocycles. The Morgan fingerprint density at radius 3 is 1.77 bits per heavy atom. The van der Waals surface area contributed by atoms with Crippen LogP contribution in [0.3, 0.4) is 0 Å². The molecule has 0 saturated carbocycles. The monoisotopic (exact) mass is 365 g/mol. The molecular formula is C22H21O3S+. The van der Waals surface area contributed by atoms with Crippen LogP contribution in [-0.2, 0) is 17.3 Å². The van der Waals surface area contributed by atoms with Crippen molar-refractivity contribution in [2.75, 3.05) is 21.3 Å². The van der Waals surface area contributed by atoms with Crippen molar-refractivity contribution in [3.63, 3.8) is 0 Å². The highest BCUT2D eigenvalue weighted by Crippen LogP contribution is 2.44. The number of fused-ring (bicyclic) bond motifs is 2. The number of rotatable bonds is 4. The Bertz CT molecular complexity index is 898. The van der Waals surface area contributed by atoms with Gasteiger partial charge in [0.1, 0.15) is 22.4 Å². The Morgan fingerprint density at radius 1 is 0.654 bits per heavy atom. The molecule has 3 nitrogen and oxygen atoms in total. The van der Waals surface area contributed by atoms with Gasteiger partial charge >= 0.3 is 0 Å². The van der Waals surface area contributed by atoms with Crippen molar-refractivity contribution < 1.29 is 14.2 Å². The Labute approximate surface area is 156 Å². The number of para-hydroxylation sites is 1. The Balaban J connectivity index is 1.95. The molecule has 3 aromatic rings. The van der Waals surface area contributed by atoms with E-state index in [-0.39, 0.29) is 10.9 Å². The van der Waals surface area contributed by atoms with Crippen LogP contribution in [0.1, 0.15) is 11.1 Å². The van der Waals surface area contributed by atoms with E-state index in [9.17, 15) is 0 Å². The smallest absolute Gasteiger partial charge is 0.208 e. The van der Waals surface area contributed by atoms with E-state index in [1.807, 2.05) is 24.3 Å². The minimum absolute atomic E-state index is 0.226. The van der Waals surface area contributed by atoms with Crippen LogP contribution in [-0.4, -0.2) is 21.3 Å². The second-order valence-electron chi connectivity index (χ2n) is 6.08. The third-order valence-corrected chi connectivity index (χ3v) is 7.10. The van der Waals surface area contributed by atoms with E-state index in [0.29, 0.717) is 0 Å². The first kappa shape index (κ1) is 16.9. The van der Waals surface area contributed by atoms with Crippen molar-refractivity contribution in [2.45, 2.75) is 21.1 Å². The summed E-state index contributed by atoms with van der Waals surface area (Å²) in [6.45, 7) is 0. The second-order valence-corrected chi connectivity index (χ2v) is 8.01. The predicted octanol–water partition coefficient (Wildman–Crippen LogP) is 4.71. The maximum Gasteiger partial charge on any atom is 0.208 e. The molecule has 4 heteroatoms. The molecule has 0 bridgehead atoms. The van der Waals surface area contributed by atoms with Crippen molar-refractivity contribution in [1.82, 2.24) is 0 Å². The van der Waals surface area contributed by atoms with Crippen LogP contribution in [0.2, 0.25) is 0 Å². The van der Waals surface area contributed by atoms with Gasteiger partial charge in [0, 0.05) is 17.5 Å². The largest absolute Gasteiger partial charge is 0.497 e. The lowest BCUT2D eigenvalue weighted by Gasteiger charge is -2.21. The first-order chi connectivity index (χ1) is 12.7. The van der Waals surface area contributed by atoms with Crippen LogP contribution in [0.5, 0.6) is 17.2 Å². The predicted molar refractivity (Wildman–Crippen MR) is 104 cm³/mol. The van der Waals surface area contributed by atoms with Crippen LogP contribution in [0.25, 0.3) is 0 Å². The quantitative estimate of drug-likeness (QED) is 0.490. The van der Waals surface area contributed by atoms with Gasteiger partial charge in [0.25, 0.3) is 0 Å². The van der Waals surface area contributed by atoms with E-state index >= 15 is 0 Å². The van der Waals surface area contributed by atoms with Crippen molar-refractivity contribution in [3.8, 4) is 17.2 Å². The summed E-state index contributed by atoms with van der Waals surface area (Å²) >= 11 is 0. The summed E-state index contributed by atoms with van der Waals surface area (Å²) < 4.78 is 16.6. The lowest BCUT2D eigenvalue weighted by molar-refractivity contribution is 0.404. The molecule has 0 fully saturated rings. The van der Waals surface area contributed by atoms with Crippen molar-refractivity contribution >= 4 is 10.9 Å². The number of benzene rings is 3. The summed E-state index contributed by atoms with van der Waals surface area (Å²) in [4.78, 5) is 3.86. The van der Waals surface area contributed by atoms with Crippen LogP contribution in [0.15, 0.2) is 75.4 Å². The molecule has 1 aliphatic heterocycles. The molecule has 0 spiro atoms. The summed E-state index contributed by atoms with van der Waals surface area (Å²) in [7, 11) is 4.93. The zero-order valence-corrected chi connectivity index (χ0v) is 15.9. The molecule has 26 heavy (non-hydrogen) atoms. The zero-order valence-electron chi connectivity index (χ0n) is 15.1. The Kier molecular flexibility index (Phi) is 4.51. The van der Waals surface area contributed by atoms with Gasteiger partial charge in [0.2, 0.25) is 4.90 Å². The van der Waals surface area contributed by atoms with Gasteiger partial charge in [-0.05, 0) is 48.5 Å². The van der Waals surface area contributed by atoms with Crippen LogP contribution < -0.4 is 14.2 Å².